The molecule has 0 unspecified atom stereocenters. The maximum absolute atomic E-state index is 12.5. The van der Waals surface area contributed by atoms with Gasteiger partial charge in [-0.15, -0.1) is 0 Å². The van der Waals surface area contributed by atoms with E-state index in [0.717, 1.165) is 17.3 Å². The first kappa shape index (κ1) is 21.7. The van der Waals surface area contributed by atoms with Crippen LogP contribution in [0, 0.1) is 0 Å². The van der Waals surface area contributed by atoms with Gasteiger partial charge in [0.15, 0.2) is 5.11 Å². The van der Waals surface area contributed by atoms with Crippen molar-refractivity contribution in [1.29, 1.82) is 0 Å². The highest BCUT2D eigenvalue weighted by atomic mass is 79.9. The number of carbonyl (C=O) groups is 1. The third kappa shape index (κ3) is 6.52. The number of esters is 1. The predicted octanol–water partition coefficient (Wildman–Crippen LogP) is 5.45. The molecule has 0 aliphatic heterocycles. The van der Waals surface area contributed by atoms with E-state index in [1.54, 1.807) is 48.7 Å². The fourth-order valence-electron chi connectivity index (χ4n) is 3.12. The number of hydrogen-bond acceptors (Lipinski definition) is 4. The number of hydrazone groups is 1. The van der Waals surface area contributed by atoms with Crippen molar-refractivity contribution in [2.45, 2.75) is 38.1 Å². The number of thiocarbonyl (C=S) groups is 1. The summed E-state index contributed by atoms with van der Waals surface area (Å²) in [7, 11) is 0. The van der Waals surface area contributed by atoms with E-state index >= 15 is 0 Å². The molecule has 0 aromatic heterocycles. The van der Waals surface area contributed by atoms with Gasteiger partial charge in [-0.3, -0.25) is 5.43 Å². The van der Waals surface area contributed by atoms with Crippen LogP contribution >= 0.6 is 39.7 Å². The van der Waals surface area contributed by atoms with Gasteiger partial charge >= 0.3 is 5.97 Å². The molecule has 2 aromatic carbocycles. The molecule has 0 atom stereocenters. The molecule has 2 aromatic rings. The second-order valence-corrected chi connectivity index (χ2v) is 8.46. The van der Waals surface area contributed by atoms with Crippen molar-refractivity contribution in [3.8, 4) is 5.75 Å². The van der Waals surface area contributed by atoms with Crippen LogP contribution < -0.4 is 15.5 Å². The molecule has 0 radical (unpaired) electrons. The highest BCUT2D eigenvalue weighted by molar-refractivity contribution is 9.10. The summed E-state index contributed by atoms with van der Waals surface area (Å²) in [5, 5.41) is 8.30. The van der Waals surface area contributed by atoms with Gasteiger partial charge in [-0.2, -0.15) is 5.10 Å². The van der Waals surface area contributed by atoms with Crippen molar-refractivity contribution in [1.82, 2.24) is 10.7 Å². The summed E-state index contributed by atoms with van der Waals surface area (Å²) in [5.41, 5.74) is 3.75. The Morgan fingerprint density at radius 2 is 1.97 bits per heavy atom. The summed E-state index contributed by atoms with van der Waals surface area (Å²) in [4.78, 5) is 12.5. The van der Waals surface area contributed by atoms with Crippen molar-refractivity contribution in [3.05, 3.63) is 63.1 Å². The van der Waals surface area contributed by atoms with Gasteiger partial charge in [0, 0.05) is 16.1 Å². The number of rotatable bonds is 5. The van der Waals surface area contributed by atoms with Crippen molar-refractivity contribution >= 4 is 57.0 Å². The van der Waals surface area contributed by atoms with Crippen LogP contribution in [0.15, 0.2) is 52.0 Å². The minimum Gasteiger partial charge on any atom is -0.422 e. The molecule has 3 rings (SSSR count). The Labute approximate surface area is 189 Å². The van der Waals surface area contributed by atoms with Crippen LogP contribution in [0.25, 0.3) is 0 Å². The molecule has 1 aliphatic carbocycles. The Morgan fingerprint density at radius 1 is 1.21 bits per heavy atom. The molecule has 0 heterocycles. The van der Waals surface area contributed by atoms with Crippen LogP contribution in [0.1, 0.15) is 48.0 Å². The largest absolute Gasteiger partial charge is 0.422 e. The third-order valence-corrected chi connectivity index (χ3v) is 5.61. The van der Waals surface area contributed by atoms with Crippen LogP contribution in [-0.4, -0.2) is 23.3 Å². The van der Waals surface area contributed by atoms with Gasteiger partial charge in [-0.25, -0.2) is 4.79 Å². The SMILES string of the molecule is O=C(Oc1ccc(Br)cc1/C=N\NC(=S)NC1CCCCC1)c1ccccc1Cl. The number of ether oxygens (including phenoxy) is 1. The first-order valence-corrected chi connectivity index (χ1v) is 11.0. The number of nitrogens with one attached hydrogen (secondary N) is 2. The van der Waals surface area contributed by atoms with E-state index in [2.05, 4.69) is 31.8 Å². The van der Waals surface area contributed by atoms with Gasteiger partial charge in [0.25, 0.3) is 0 Å². The third-order valence-electron chi connectivity index (χ3n) is 4.58. The molecular formula is C21H21BrClN3O2S. The molecule has 5 nitrogen and oxygen atoms in total. The zero-order valence-electron chi connectivity index (χ0n) is 15.7. The number of hydrogen-bond donors (Lipinski definition) is 2. The van der Waals surface area contributed by atoms with Gasteiger partial charge in [0.1, 0.15) is 5.75 Å². The summed E-state index contributed by atoms with van der Waals surface area (Å²) in [6, 6.07) is 12.4. The minimum atomic E-state index is -0.532. The quantitative estimate of drug-likeness (QED) is 0.190. The molecule has 2 N–H and O–H groups in total. The lowest BCUT2D eigenvalue weighted by molar-refractivity contribution is 0.0734. The normalized spacial score (nSPS) is 14.6. The first-order valence-electron chi connectivity index (χ1n) is 9.39. The Balaban J connectivity index is 1.65. The number of nitrogens with zero attached hydrogens (tertiary/aromatic N) is 1. The molecule has 0 amide bonds. The van der Waals surface area contributed by atoms with E-state index in [-0.39, 0.29) is 0 Å². The van der Waals surface area contributed by atoms with Crippen LogP contribution in [-0.2, 0) is 0 Å². The summed E-state index contributed by atoms with van der Waals surface area (Å²) in [6.45, 7) is 0. The van der Waals surface area contributed by atoms with E-state index in [1.165, 1.54) is 19.3 Å². The second-order valence-electron chi connectivity index (χ2n) is 6.73. The number of carbonyl (C=O) groups excluding carboxylic acids is 1. The van der Waals surface area contributed by atoms with Crippen molar-refractivity contribution < 1.29 is 9.53 Å². The fraction of sp³-hybridized carbons (Fsp3) is 0.286. The van der Waals surface area contributed by atoms with Gasteiger partial charge in [-0.1, -0.05) is 58.9 Å². The molecule has 1 fully saturated rings. The minimum absolute atomic E-state index is 0.302. The zero-order valence-corrected chi connectivity index (χ0v) is 18.8. The molecule has 1 aliphatic rings. The average Bonchev–Trinajstić information content (AvgIpc) is 2.71. The lowest BCUT2D eigenvalue weighted by Gasteiger charge is -2.23. The average molecular weight is 495 g/mol. The molecule has 29 heavy (non-hydrogen) atoms. The van der Waals surface area contributed by atoms with E-state index in [1.807, 2.05) is 0 Å². The lowest BCUT2D eigenvalue weighted by atomic mass is 9.96. The van der Waals surface area contributed by atoms with Crippen LogP contribution in [0.5, 0.6) is 5.75 Å². The van der Waals surface area contributed by atoms with E-state index < -0.39 is 5.97 Å². The van der Waals surface area contributed by atoms with Gasteiger partial charge in [0.2, 0.25) is 0 Å². The maximum Gasteiger partial charge on any atom is 0.345 e. The standard InChI is InChI=1S/C21H21BrClN3O2S/c22-15-10-11-19(28-20(27)17-8-4-5-9-18(17)23)14(12-15)13-24-26-21(29)25-16-6-2-1-3-7-16/h4-5,8-13,16H,1-3,6-7H2,(H2,25,26,29)/b24-13-. The van der Waals surface area contributed by atoms with Gasteiger partial charge in [-0.05, 0) is 55.4 Å². The molecule has 0 saturated heterocycles. The molecule has 0 spiro atoms. The van der Waals surface area contributed by atoms with E-state index in [0.29, 0.717) is 33.1 Å². The Kier molecular flexibility index (Phi) is 8.03. The Morgan fingerprint density at radius 3 is 2.72 bits per heavy atom. The molecular weight excluding hydrogens is 474 g/mol. The van der Waals surface area contributed by atoms with Gasteiger partial charge in [0.05, 0.1) is 16.8 Å². The topological polar surface area (TPSA) is 62.7 Å². The fourth-order valence-corrected chi connectivity index (χ4v) is 3.93. The lowest BCUT2D eigenvalue weighted by Crippen LogP contribution is -2.40. The number of benzene rings is 2. The smallest absolute Gasteiger partial charge is 0.345 e. The van der Waals surface area contributed by atoms with Crippen molar-refractivity contribution in [3.63, 3.8) is 0 Å². The van der Waals surface area contributed by atoms with E-state index in [9.17, 15) is 4.79 Å². The van der Waals surface area contributed by atoms with Gasteiger partial charge < -0.3 is 10.1 Å². The highest BCUT2D eigenvalue weighted by Gasteiger charge is 2.15. The summed E-state index contributed by atoms with van der Waals surface area (Å²) in [6.07, 6.45) is 7.55. The van der Waals surface area contributed by atoms with Crippen LogP contribution in [0.2, 0.25) is 5.02 Å². The van der Waals surface area contributed by atoms with E-state index in [4.69, 9.17) is 28.6 Å². The van der Waals surface area contributed by atoms with Crippen molar-refractivity contribution in [2.75, 3.05) is 0 Å². The zero-order chi connectivity index (χ0) is 20.6. The first-order chi connectivity index (χ1) is 14.0. The van der Waals surface area contributed by atoms with Crippen LogP contribution in [0.4, 0.5) is 0 Å². The summed E-state index contributed by atoms with van der Waals surface area (Å²) >= 11 is 14.8. The molecule has 152 valence electrons. The van der Waals surface area contributed by atoms with Crippen LogP contribution in [0.3, 0.4) is 0 Å². The van der Waals surface area contributed by atoms with Crippen molar-refractivity contribution in [2.24, 2.45) is 5.10 Å². The highest BCUT2D eigenvalue weighted by Crippen LogP contribution is 2.24. The Bertz CT molecular complexity index is 917. The molecule has 8 heteroatoms. The molecule has 0 bridgehead atoms. The second kappa shape index (κ2) is 10.7. The molecule has 1 saturated carbocycles. The number of halogens is 2. The summed E-state index contributed by atoms with van der Waals surface area (Å²) in [5.74, 6) is -0.162. The Hall–Kier alpha value is -1.96. The monoisotopic (exact) mass is 493 g/mol. The maximum atomic E-state index is 12.5. The summed E-state index contributed by atoms with van der Waals surface area (Å²) < 4.78 is 6.37. The predicted molar refractivity (Wildman–Crippen MR) is 124 cm³/mol.